The van der Waals surface area contributed by atoms with Crippen LogP contribution in [0.1, 0.15) is 67.1 Å². The molecule has 1 saturated heterocycles. The van der Waals surface area contributed by atoms with Crippen LogP contribution in [0.5, 0.6) is 0 Å². The Hall–Kier alpha value is -2.90. The molecule has 2 amide bonds. The van der Waals surface area contributed by atoms with Gasteiger partial charge in [0.15, 0.2) is 0 Å². The van der Waals surface area contributed by atoms with Gasteiger partial charge in [-0.15, -0.1) is 0 Å². The van der Waals surface area contributed by atoms with Crippen molar-refractivity contribution in [3.63, 3.8) is 0 Å². The van der Waals surface area contributed by atoms with Crippen LogP contribution in [-0.4, -0.2) is 72.2 Å². The van der Waals surface area contributed by atoms with Crippen LogP contribution in [0.15, 0.2) is 48.5 Å². The van der Waals surface area contributed by atoms with Gasteiger partial charge in [0.05, 0.1) is 24.8 Å². The zero-order chi connectivity index (χ0) is 31.0. The number of carbonyl (C=O) groups is 2. The van der Waals surface area contributed by atoms with E-state index >= 15 is 0 Å². The fourth-order valence-electron chi connectivity index (χ4n) is 5.68. The van der Waals surface area contributed by atoms with Crippen LogP contribution in [0.3, 0.4) is 0 Å². The first-order chi connectivity index (χ1) is 20.5. The van der Waals surface area contributed by atoms with Crippen molar-refractivity contribution in [3.05, 3.63) is 70.8 Å². The molecule has 9 heteroatoms. The summed E-state index contributed by atoms with van der Waals surface area (Å²) in [6.45, 7) is 12.0. The van der Waals surface area contributed by atoms with Crippen molar-refractivity contribution in [1.29, 1.82) is 5.26 Å². The second-order valence-corrected chi connectivity index (χ2v) is 13.6. The molecular formula is C34H47N5O3S. The molecule has 4 atom stereocenters. The lowest BCUT2D eigenvalue weighted by Crippen LogP contribution is -2.47. The highest BCUT2D eigenvalue weighted by molar-refractivity contribution is 7.81. The van der Waals surface area contributed by atoms with Gasteiger partial charge in [-0.05, 0) is 60.5 Å². The SMILES string of the molecule is CN1CCN(Cc2ccc(C(=O)NCc3cccc(CO[C@H]4CCC[C@H]4NC(=O)[C@H](C#N)[C@@H](S)C(C)(C)C)c3)cc2)CC1. The zero-order valence-corrected chi connectivity index (χ0v) is 26.9. The third-order valence-corrected chi connectivity index (χ3v) is 9.60. The molecule has 1 saturated carbocycles. The Morgan fingerprint density at radius 1 is 1.05 bits per heavy atom. The number of carbonyl (C=O) groups excluding carboxylic acids is 2. The summed E-state index contributed by atoms with van der Waals surface area (Å²) in [6.07, 6.45) is 2.53. The number of rotatable bonds is 11. The van der Waals surface area contributed by atoms with Gasteiger partial charge in [0.1, 0.15) is 5.92 Å². The van der Waals surface area contributed by atoms with E-state index in [0.29, 0.717) is 18.7 Å². The predicted molar refractivity (Wildman–Crippen MR) is 173 cm³/mol. The largest absolute Gasteiger partial charge is 0.371 e. The minimum absolute atomic E-state index is 0.0945. The maximum atomic E-state index is 12.9. The summed E-state index contributed by atoms with van der Waals surface area (Å²) in [4.78, 5) is 30.6. The van der Waals surface area contributed by atoms with Gasteiger partial charge in [-0.25, -0.2) is 0 Å². The number of hydrogen-bond donors (Lipinski definition) is 3. The standard InChI is InChI=1S/C34H47N5O3S/c1-34(2,3)31(43)28(20-35)33(41)37-29-9-6-10-30(29)42-23-26-8-5-7-25(19-26)21-36-32(40)27-13-11-24(12-14-27)22-39-17-15-38(4)16-18-39/h5,7-8,11-14,19,28-31,43H,6,9-10,15-18,21-23H2,1-4H3,(H,36,40)(H,37,41)/t28-,29-,30+,31-/m1/s1. The van der Waals surface area contributed by atoms with E-state index < -0.39 is 5.92 Å². The fourth-order valence-corrected chi connectivity index (χ4v) is 5.88. The Labute approximate surface area is 262 Å². The number of benzene rings is 2. The third kappa shape index (κ3) is 9.54. The van der Waals surface area contributed by atoms with E-state index in [2.05, 4.69) is 46.2 Å². The molecule has 0 spiro atoms. The molecule has 232 valence electrons. The number of piperazine rings is 1. The fraction of sp³-hybridized carbons (Fsp3) is 0.559. The van der Waals surface area contributed by atoms with E-state index in [9.17, 15) is 14.9 Å². The lowest BCUT2D eigenvalue weighted by atomic mass is 9.84. The van der Waals surface area contributed by atoms with E-state index in [4.69, 9.17) is 4.74 Å². The van der Waals surface area contributed by atoms with Gasteiger partial charge in [0.2, 0.25) is 5.91 Å². The van der Waals surface area contributed by atoms with Crippen LogP contribution in [0.4, 0.5) is 0 Å². The Bertz CT molecular complexity index is 1260. The van der Waals surface area contributed by atoms with Gasteiger partial charge < -0.3 is 20.3 Å². The summed E-state index contributed by atoms with van der Waals surface area (Å²) in [7, 11) is 2.16. The van der Waals surface area contributed by atoms with Crippen LogP contribution in [0.25, 0.3) is 0 Å². The Morgan fingerprint density at radius 3 is 2.42 bits per heavy atom. The number of nitrogens with one attached hydrogen (secondary N) is 2. The molecule has 0 radical (unpaired) electrons. The molecule has 1 aliphatic carbocycles. The average Bonchev–Trinajstić information content (AvgIpc) is 3.43. The number of likely N-dealkylation sites (N-methyl/N-ethyl adjacent to an activating group) is 1. The molecule has 2 fully saturated rings. The number of nitriles is 1. The summed E-state index contributed by atoms with van der Waals surface area (Å²) in [5.74, 6) is -1.19. The summed E-state index contributed by atoms with van der Waals surface area (Å²) in [5, 5.41) is 15.4. The van der Waals surface area contributed by atoms with E-state index in [1.54, 1.807) is 0 Å². The molecule has 8 nitrogen and oxygen atoms in total. The molecule has 0 aromatic heterocycles. The van der Waals surface area contributed by atoms with Crippen molar-refractivity contribution < 1.29 is 14.3 Å². The van der Waals surface area contributed by atoms with Crippen molar-refractivity contribution in [1.82, 2.24) is 20.4 Å². The molecule has 43 heavy (non-hydrogen) atoms. The first-order valence-electron chi connectivity index (χ1n) is 15.4. The monoisotopic (exact) mass is 605 g/mol. The summed E-state index contributed by atoms with van der Waals surface area (Å²) < 4.78 is 6.25. The third-order valence-electron chi connectivity index (χ3n) is 8.53. The molecule has 1 heterocycles. The smallest absolute Gasteiger partial charge is 0.251 e. The first-order valence-corrected chi connectivity index (χ1v) is 15.9. The topological polar surface area (TPSA) is 97.7 Å². The van der Waals surface area contributed by atoms with Crippen molar-refractivity contribution in [3.8, 4) is 6.07 Å². The van der Waals surface area contributed by atoms with Gasteiger partial charge in [0.25, 0.3) is 5.91 Å². The van der Waals surface area contributed by atoms with E-state index in [1.807, 2.05) is 69.3 Å². The maximum absolute atomic E-state index is 12.9. The van der Waals surface area contributed by atoms with Crippen LogP contribution in [0.2, 0.25) is 0 Å². The van der Waals surface area contributed by atoms with Crippen LogP contribution < -0.4 is 10.6 Å². The molecule has 2 aromatic carbocycles. The summed E-state index contributed by atoms with van der Waals surface area (Å²) in [6, 6.07) is 17.9. The van der Waals surface area contributed by atoms with E-state index in [0.717, 1.165) is 63.1 Å². The van der Waals surface area contributed by atoms with Gasteiger partial charge in [0, 0.05) is 50.1 Å². The molecule has 4 rings (SSSR count). The minimum Gasteiger partial charge on any atom is -0.371 e. The lowest BCUT2D eigenvalue weighted by Gasteiger charge is -2.32. The van der Waals surface area contributed by atoms with Crippen molar-refractivity contribution >= 4 is 24.4 Å². The first kappa shape index (κ1) is 33.0. The highest BCUT2D eigenvalue weighted by Gasteiger charge is 2.37. The summed E-state index contributed by atoms with van der Waals surface area (Å²) in [5.41, 5.74) is 3.61. The Kier molecular flexibility index (Phi) is 11.7. The second kappa shape index (κ2) is 15.2. The van der Waals surface area contributed by atoms with Crippen LogP contribution in [0, 0.1) is 22.7 Å². The number of ether oxygens (including phenoxy) is 1. The second-order valence-electron chi connectivity index (χ2n) is 13.1. The van der Waals surface area contributed by atoms with Crippen LogP contribution in [-0.2, 0) is 29.2 Å². The van der Waals surface area contributed by atoms with Gasteiger partial charge in [-0.1, -0.05) is 57.2 Å². The summed E-state index contributed by atoms with van der Waals surface area (Å²) >= 11 is 4.58. The van der Waals surface area contributed by atoms with Crippen molar-refractivity contribution in [2.75, 3.05) is 33.2 Å². The molecular weight excluding hydrogens is 558 g/mol. The lowest BCUT2D eigenvalue weighted by molar-refractivity contribution is -0.125. The van der Waals surface area contributed by atoms with E-state index in [1.165, 1.54) is 5.56 Å². The highest BCUT2D eigenvalue weighted by Crippen LogP contribution is 2.31. The predicted octanol–water partition coefficient (Wildman–Crippen LogP) is 4.40. The van der Waals surface area contributed by atoms with E-state index in [-0.39, 0.29) is 34.6 Å². The van der Waals surface area contributed by atoms with Crippen LogP contribution >= 0.6 is 12.6 Å². The molecule has 0 bridgehead atoms. The number of hydrogen-bond acceptors (Lipinski definition) is 7. The normalized spacial score (nSPS) is 21.1. The zero-order valence-electron chi connectivity index (χ0n) is 26.0. The molecule has 2 aliphatic rings. The van der Waals surface area contributed by atoms with Gasteiger partial charge >= 0.3 is 0 Å². The Morgan fingerprint density at radius 2 is 1.74 bits per heavy atom. The van der Waals surface area contributed by atoms with Gasteiger partial charge in [-0.2, -0.15) is 17.9 Å². The molecule has 2 N–H and O–H groups in total. The number of amides is 2. The maximum Gasteiger partial charge on any atom is 0.251 e. The molecule has 1 aliphatic heterocycles. The van der Waals surface area contributed by atoms with Gasteiger partial charge in [-0.3, -0.25) is 14.5 Å². The Balaban J connectivity index is 1.24. The average molecular weight is 606 g/mol. The molecule has 2 aromatic rings. The number of nitrogens with zero attached hydrogens (tertiary/aromatic N) is 3. The molecule has 0 unspecified atom stereocenters. The highest BCUT2D eigenvalue weighted by atomic mass is 32.1. The minimum atomic E-state index is -0.823. The quantitative estimate of drug-likeness (QED) is 0.329. The van der Waals surface area contributed by atoms with Crippen molar-refractivity contribution in [2.24, 2.45) is 11.3 Å². The number of thiol groups is 1. The van der Waals surface area contributed by atoms with Crippen molar-refractivity contribution in [2.45, 2.75) is 77.1 Å².